The Kier molecular flexibility index (Phi) is 4.36. The molecule has 2 heterocycles. The van der Waals surface area contributed by atoms with Crippen LogP contribution in [0.4, 0.5) is 0 Å². The van der Waals surface area contributed by atoms with Gasteiger partial charge in [0.25, 0.3) is 0 Å². The van der Waals surface area contributed by atoms with Crippen molar-refractivity contribution in [2.45, 2.75) is 23.4 Å². The lowest BCUT2D eigenvalue weighted by Gasteiger charge is -2.04. The Labute approximate surface area is 117 Å². The first-order chi connectivity index (χ1) is 8.60. The number of thiophene rings is 1. The molecule has 0 N–H and O–H groups in total. The number of esters is 1. The van der Waals surface area contributed by atoms with E-state index >= 15 is 0 Å². The number of aryl methyl sites for hydroxylation is 1. The zero-order chi connectivity index (χ0) is 13.1. The van der Waals surface area contributed by atoms with Gasteiger partial charge in [-0.1, -0.05) is 23.1 Å². The van der Waals surface area contributed by atoms with Crippen LogP contribution in [0.1, 0.15) is 11.8 Å². The molecule has 0 aliphatic rings. The van der Waals surface area contributed by atoms with Crippen LogP contribution >= 0.6 is 34.4 Å². The predicted octanol–water partition coefficient (Wildman–Crippen LogP) is 3.23. The number of carbonyl (C=O) groups excluding carboxylic acids is 1. The third-order valence-corrected chi connectivity index (χ3v) is 5.42. The first-order valence-electron chi connectivity index (χ1n) is 5.25. The van der Waals surface area contributed by atoms with E-state index in [4.69, 9.17) is 0 Å². The van der Waals surface area contributed by atoms with Crippen LogP contribution in [0.3, 0.4) is 0 Å². The summed E-state index contributed by atoms with van der Waals surface area (Å²) in [5, 5.41) is 8.87. The Balaban J connectivity index is 2.09. The van der Waals surface area contributed by atoms with E-state index < -0.39 is 0 Å². The van der Waals surface area contributed by atoms with Gasteiger partial charge in [0, 0.05) is 4.88 Å². The third-order valence-electron chi connectivity index (χ3n) is 2.17. The molecule has 0 saturated heterocycles. The van der Waals surface area contributed by atoms with Crippen LogP contribution in [0.25, 0.3) is 9.88 Å². The SMILES string of the molecule is COC(=O)C(C)Sc1nnc(-c2ccc(C)s2)s1. The number of aromatic nitrogens is 2. The Morgan fingerprint density at radius 3 is 2.78 bits per heavy atom. The summed E-state index contributed by atoms with van der Waals surface area (Å²) < 4.78 is 5.46. The van der Waals surface area contributed by atoms with Crippen LogP contribution < -0.4 is 0 Å². The predicted molar refractivity (Wildman–Crippen MR) is 75.3 cm³/mol. The topological polar surface area (TPSA) is 52.1 Å². The molecule has 0 bridgehead atoms. The van der Waals surface area contributed by atoms with E-state index in [1.165, 1.54) is 35.1 Å². The summed E-state index contributed by atoms with van der Waals surface area (Å²) in [5.74, 6) is -0.247. The van der Waals surface area contributed by atoms with Crippen LogP contribution in [0.5, 0.6) is 0 Å². The second kappa shape index (κ2) is 5.81. The molecule has 0 saturated carbocycles. The number of carbonyl (C=O) groups is 1. The highest BCUT2D eigenvalue weighted by Gasteiger charge is 2.18. The van der Waals surface area contributed by atoms with Crippen LogP contribution in [-0.4, -0.2) is 28.5 Å². The van der Waals surface area contributed by atoms with Crippen LogP contribution in [0, 0.1) is 6.92 Å². The monoisotopic (exact) mass is 300 g/mol. The second-order valence-corrected chi connectivity index (χ2v) is 7.42. The minimum atomic E-state index is -0.263. The second-order valence-electron chi connectivity index (χ2n) is 3.57. The van der Waals surface area contributed by atoms with Gasteiger partial charge >= 0.3 is 5.97 Å². The summed E-state index contributed by atoms with van der Waals surface area (Å²) in [7, 11) is 1.39. The number of nitrogens with zero attached hydrogens (tertiary/aromatic N) is 2. The largest absolute Gasteiger partial charge is 0.468 e. The van der Waals surface area contributed by atoms with Crippen LogP contribution in [0.15, 0.2) is 16.5 Å². The number of rotatable bonds is 4. The van der Waals surface area contributed by atoms with Crippen molar-refractivity contribution in [3.63, 3.8) is 0 Å². The van der Waals surface area contributed by atoms with Gasteiger partial charge in [0.15, 0.2) is 9.35 Å². The molecule has 0 amide bonds. The van der Waals surface area contributed by atoms with E-state index in [0.717, 1.165) is 14.2 Å². The maximum atomic E-state index is 11.3. The van der Waals surface area contributed by atoms with Gasteiger partial charge in [-0.3, -0.25) is 4.79 Å². The number of ether oxygens (including phenoxy) is 1. The summed E-state index contributed by atoms with van der Waals surface area (Å²) in [6.07, 6.45) is 0. The lowest BCUT2D eigenvalue weighted by molar-refractivity contribution is -0.139. The maximum Gasteiger partial charge on any atom is 0.318 e. The van der Waals surface area contributed by atoms with E-state index in [2.05, 4.69) is 27.9 Å². The van der Waals surface area contributed by atoms with Gasteiger partial charge in [0.2, 0.25) is 0 Å². The Hall–Kier alpha value is -0.920. The third kappa shape index (κ3) is 3.09. The molecule has 1 unspecified atom stereocenters. The minimum Gasteiger partial charge on any atom is -0.468 e. The molecule has 1 atom stereocenters. The van der Waals surface area contributed by atoms with Crippen molar-refractivity contribution in [3.05, 3.63) is 17.0 Å². The van der Waals surface area contributed by atoms with Gasteiger partial charge in [-0.2, -0.15) is 0 Å². The zero-order valence-electron chi connectivity index (χ0n) is 10.2. The normalized spacial score (nSPS) is 12.4. The van der Waals surface area contributed by atoms with Crippen molar-refractivity contribution >= 4 is 40.4 Å². The highest BCUT2D eigenvalue weighted by molar-refractivity contribution is 8.02. The molecular formula is C11H12N2O2S3. The molecule has 18 heavy (non-hydrogen) atoms. The van der Waals surface area contributed by atoms with Crippen molar-refractivity contribution in [1.29, 1.82) is 0 Å². The van der Waals surface area contributed by atoms with Gasteiger partial charge in [0.05, 0.1) is 12.0 Å². The molecular weight excluding hydrogens is 288 g/mol. The van der Waals surface area contributed by atoms with Crippen molar-refractivity contribution < 1.29 is 9.53 Å². The highest BCUT2D eigenvalue weighted by Crippen LogP contribution is 2.34. The maximum absolute atomic E-state index is 11.3. The average Bonchev–Trinajstić information content (AvgIpc) is 2.96. The summed E-state index contributed by atoms with van der Waals surface area (Å²) >= 11 is 4.56. The van der Waals surface area contributed by atoms with Crippen molar-refractivity contribution in [1.82, 2.24) is 10.2 Å². The molecule has 2 aromatic rings. The lowest BCUT2D eigenvalue weighted by atomic mass is 10.4. The van der Waals surface area contributed by atoms with Gasteiger partial charge < -0.3 is 4.74 Å². The smallest absolute Gasteiger partial charge is 0.318 e. The van der Waals surface area contributed by atoms with E-state index in [1.807, 2.05) is 6.07 Å². The molecule has 0 aliphatic heterocycles. The molecule has 0 fully saturated rings. The molecule has 0 aromatic carbocycles. The van der Waals surface area contributed by atoms with Crippen molar-refractivity contribution in [2.24, 2.45) is 0 Å². The number of hydrogen-bond acceptors (Lipinski definition) is 7. The minimum absolute atomic E-state index is 0.247. The molecule has 0 aliphatic carbocycles. The Morgan fingerprint density at radius 2 is 2.17 bits per heavy atom. The number of hydrogen-bond donors (Lipinski definition) is 0. The standard InChI is InChI=1S/C11H12N2O2S3/c1-6-4-5-8(16-6)9-12-13-11(18-9)17-7(2)10(14)15-3/h4-5,7H,1-3H3. The molecule has 96 valence electrons. The van der Waals surface area contributed by atoms with E-state index in [-0.39, 0.29) is 11.2 Å². The van der Waals surface area contributed by atoms with E-state index in [1.54, 1.807) is 18.3 Å². The first-order valence-corrected chi connectivity index (χ1v) is 7.76. The van der Waals surface area contributed by atoms with Crippen molar-refractivity contribution in [2.75, 3.05) is 7.11 Å². The first kappa shape index (κ1) is 13.5. The fraction of sp³-hybridized carbons (Fsp3) is 0.364. The van der Waals surface area contributed by atoms with Gasteiger partial charge in [-0.25, -0.2) is 0 Å². The summed E-state index contributed by atoms with van der Waals surface area (Å²) in [6, 6.07) is 4.10. The summed E-state index contributed by atoms with van der Waals surface area (Å²) in [5.41, 5.74) is 0. The lowest BCUT2D eigenvalue weighted by Crippen LogP contribution is -2.14. The summed E-state index contributed by atoms with van der Waals surface area (Å²) in [4.78, 5) is 13.7. The molecule has 4 nitrogen and oxygen atoms in total. The molecule has 0 radical (unpaired) electrons. The Morgan fingerprint density at radius 1 is 1.39 bits per heavy atom. The Bertz CT molecular complexity index is 550. The number of methoxy groups -OCH3 is 1. The molecule has 2 aromatic heterocycles. The fourth-order valence-corrected chi connectivity index (χ4v) is 4.21. The van der Waals surface area contributed by atoms with Gasteiger partial charge in [0.1, 0.15) is 5.25 Å². The fourth-order valence-electron chi connectivity index (χ4n) is 1.27. The molecule has 7 heteroatoms. The van der Waals surface area contributed by atoms with E-state index in [9.17, 15) is 4.79 Å². The number of thioether (sulfide) groups is 1. The summed E-state index contributed by atoms with van der Waals surface area (Å²) in [6.45, 7) is 3.86. The van der Waals surface area contributed by atoms with Crippen LogP contribution in [0.2, 0.25) is 0 Å². The average molecular weight is 300 g/mol. The van der Waals surface area contributed by atoms with E-state index in [0.29, 0.717) is 0 Å². The zero-order valence-corrected chi connectivity index (χ0v) is 12.6. The van der Waals surface area contributed by atoms with Gasteiger partial charge in [-0.05, 0) is 26.0 Å². The van der Waals surface area contributed by atoms with Crippen molar-refractivity contribution in [3.8, 4) is 9.88 Å². The molecule has 2 rings (SSSR count). The highest BCUT2D eigenvalue weighted by atomic mass is 32.2. The quantitative estimate of drug-likeness (QED) is 0.641. The van der Waals surface area contributed by atoms with Crippen LogP contribution in [-0.2, 0) is 9.53 Å². The molecule has 0 spiro atoms. The van der Waals surface area contributed by atoms with Gasteiger partial charge in [-0.15, -0.1) is 21.5 Å².